The maximum atomic E-state index is 12.3. The van der Waals surface area contributed by atoms with Crippen LogP contribution in [-0.2, 0) is 4.74 Å². The van der Waals surface area contributed by atoms with Crippen molar-refractivity contribution < 1.29 is 22.7 Å². The molecule has 0 radical (unpaired) electrons. The molecule has 1 aliphatic heterocycles. The Morgan fingerprint density at radius 3 is 2.91 bits per heavy atom. The number of anilines is 2. The molecule has 32 heavy (non-hydrogen) atoms. The van der Waals surface area contributed by atoms with Crippen LogP contribution in [0.4, 0.5) is 29.3 Å². The van der Waals surface area contributed by atoms with Gasteiger partial charge in [0.2, 0.25) is 0 Å². The van der Waals surface area contributed by atoms with Gasteiger partial charge in [-0.25, -0.2) is 9.78 Å². The van der Waals surface area contributed by atoms with E-state index in [9.17, 15) is 18.0 Å². The Balaban J connectivity index is 1.51. The number of hydrogen-bond donors (Lipinski definition) is 2. The van der Waals surface area contributed by atoms with E-state index < -0.39 is 18.8 Å². The molecule has 1 unspecified atom stereocenters. The maximum Gasteiger partial charge on any atom is 0.405 e. The molecule has 3 aromatic rings. The Kier molecular flexibility index (Phi) is 6.22. The molecule has 2 amide bonds. The number of fused-ring (bicyclic) bond motifs is 1. The molecule has 2 aromatic heterocycles. The van der Waals surface area contributed by atoms with Crippen LogP contribution in [0.1, 0.15) is 12.8 Å². The molecule has 1 aromatic carbocycles. The van der Waals surface area contributed by atoms with Gasteiger partial charge in [0.15, 0.2) is 0 Å². The van der Waals surface area contributed by atoms with Crippen LogP contribution in [0, 0.1) is 0 Å². The van der Waals surface area contributed by atoms with Gasteiger partial charge >= 0.3 is 12.2 Å². The van der Waals surface area contributed by atoms with E-state index in [1.54, 1.807) is 36.8 Å². The molecular formula is C22H24F3N5O2. The van der Waals surface area contributed by atoms with E-state index in [4.69, 9.17) is 4.74 Å². The number of amides is 2. The van der Waals surface area contributed by atoms with Crippen LogP contribution in [0.25, 0.3) is 16.9 Å². The van der Waals surface area contributed by atoms with E-state index in [1.165, 1.54) is 0 Å². The second-order valence-corrected chi connectivity index (χ2v) is 7.71. The Morgan fingerprint density at radius 1 is 1.28 bits per heavy atom. The molecular weight excluding hydrogens is 423 g/mol. The molecule has 10 heteroatoms. The van der Waals surface area contributed by atoms with E-state index in [1.807, 2.05) is 28.8 Å². The number of benzene rings is 1. The van der Waals surface area contributed by atoms with Gasteiger partial charge in [0.1, 0.15) is 12.2 Å². The number of piperidine rings is 1. The van der Waals surface area contributed by atoms with E-state index in [0.29, 0.717) is 5.69 Å². The minimum atomic E-state index is -4.47. The molecule has 1 aliphatic rings. The summed E-state index contributed by atoms with van der Waals surface area (Å²) in [5.41, 5.74) is 3.81. The summed E-state index contributed by atoms with van der Waals surface area (Å²) in [7, 11) is 1.74. The Hall–Kier alpha value is -3.27. The third-order valence-electron chi connectivity index (χ3n) is 5.44. The fourth-order valence-electron chi connectivity index (χ4n) is 3.86. The number of methoxy groups -OCH3 is 1. The number of hydrogen-bond acceptors (Lipinski definition) is 4. The average Bonchev–Trinajstić information content (AvgIpc) is 3.21. The van der Waals surface area contributed by atoms with Crippen LogP contribution >= 0.6 is 0 Å². The number of ether oxygens (including phenoxy) is 1. The SMILES string of the molecule is COC1CCCN(c2ccn3c(-c4cccc(NC(=O)NCC(F)(F)F)c4)cnc3c2)C1. The van der Waals surface area contributed by atoms with E-state index in [2.05, 4.69) is 15.2 Å². The lowest BCUT2D eigenvalue weighted by molar-refractivity contribution is -0.122. The fraction of sp³-hybridized carbons (Fsp3) is 0.364. The number of urea groups is 1. The minimum Gasteiger partial charge on any atom is -0.380 e. The van der Waals surface area contributed by atoms with Gasteiger partial charge in [0, 0.05) is 49.4 Å². The zero-order valence-corrected chi connectivity index (χ0v) is 17.5. The van der Waals surface area contributed by atoms with Gasteiger partial charge in [0.05, 0.1) is 18.0 Å². The summed E-state index contributed by atoms with van der Waals surface area (Å²) in [5.74, 6) is 0. The number of nitrogens with zero attached hydrogens (tertiary/aromatic N) is 3. The van der Waals surface area contributed by atoms with Crippen LogP contribution in [0.2, 0.25) is 0 Å². The highest BCUT2D eigenvalue weighted by atomic mass is 19.4. The van der Waals surface area contributed by atoms with Crippen LogP contribution in [0.3, 0.4) is 0 Å². The zero-order valence-electron chi connectivity index (χ0n) is 17.5. The van der Waals surface area contributed by atoms with Crippen molar-refractivity contribution in [2.24, 2.45) is 0 Å². The molecule has 1 saturated heterocycles. The number of alkyl halides is 3. The van der Waals surface area contributed by atoms with Crippen molar-refractivity contribution in [3.8, 4) is 11.3 Å². The van der Waals surface area contributed by atoms with Gasteiger partial charge in [-0.15, -0.1) is 0 Å². The smallest absolute Gasteiger partial charge is 0.380 e. The molecule has 0 bridgehead atoms. The summed E-state index contributed by atoms with van der Waals surface area (Å²) in [6.45, 7) is 0.411. The van der Waals surface area contributed by atoms with Crippen LogP contribution in [0.15, 0.2) is 48.8 Å². The number of carbonyl (C=O) groups is 1. The van der Waals surface area contributed by atoms with Crippen molar-refractivity contribution in [3.05, 3.63) is 48.8 Å². The minimum absolute atomic E-state index is 0.221. The molecule has 0 spiro atoms. The van der Waals surface area contributed by atoms with Crippen molar-refractivity contribution in [3.63, 3.8) is 0 Å². The first-order chi connectivity index (χ1) is 15.3. The second kappa shape index (κ2) is 9.07. The number of pyridine rings is 1. The third kappa shape index (κ3) is 5.13. The molecule has 2 N–H and O–H groups in total. The maximum absolute atomic E-state index is 12.3. The number of imidazole rings is 1. The first-order valence-electron chi connectivity index (χ1n) is 10.3. The number of carbonyl (C=O) groups excluding carboxylic acids is 1. The largest absolute Gasteiger partial charge is 0.405 e. The zero-order chi connectivity index (χ0) is 22.7. The first kappa shape index (κ1) is 21.9. The molecule has 1 fully saturated rings. The lowest BCUT2D eigenvalue weighted by Crippen LogP contribution is -2.39. The quantitative estimate of drug-likeness (QED) is 0.612. The van der Waals surface area contributed by atoms with E-state index in [-0.39, 0.29) is 6.10 Å². The van der Waals surface area contributed by atoms with Gasteiger partial charge in [-0.2, -0.15) is 13.2 Å². The van der Waals surface area contributed by atoms with E-state index in [0.717, 1.165) is 48.5 Å². The summed E-state index contributed by atoms with van der Waals surface area (Å²) in [6.07, 6.45) is 1.56. The Morgan fingerprint density at radius 2 is 2.12 bits per heavy atom. The Bertz CT molecular complexity index is 1100. The van der Waals surface area contributed by atoms with Gasteiger partial charge in [-0.3, -0.25) is 4.40 Å². The standard InChI is InChI=1S/C22H24F3N5O2/c1-32-18-6-3-8-29(13-18)17-7-9-30-19(12-26-20(30)11-17)15-4-2-5-16(10-15)28-21(31)27-14-22(23,24)25/h2,4-5,7,9-12,18H,3,6,8,13-14H2,1H3,(H2,27,28,31). The first-order valence-corrected chi connectivity index (χ1v) is 10.3. The molecule has 1 atom stereocenters. The second-order valence-electron chi connectivity index (χ2n) is 7.71. The van der Waals surface area contributed by atoms with Crippen LogP contribution in [0.5, 0.6) is 0 Å². The highest BCUT2D eigenvalue weighted by Crippen LogP contribution is 2.27. The molecule has 0 saturated carbocycles. The summed E-state index contributed by atoms with van der Waals surface area (Å²) in [6, 6.07) is 10.0. The predicted octanol–water partition coefficient (Wildman–Crippen LogP) is 4.30. The number of aromatic nitrogens is 2. The van der Waals surface area contributed by atoms with Gasteiger partial charge in [-0.1, -0.05) is 12.1 Å². The fourth-order valence-corrected chi connectivity index (χ4v) is 3.86. The van der Waals surface area contributed by atoms with Crippen molar-refractivity contribution in [1.29, 1.82) is 0 Å². The lowest BCUT2D eigenvalue weighted by atomic mass is 10.1. The average molecular weight is 447 g/mol. The highest BCUT2D eigenvalue weighted by molar-refractivity contribution is 5.90. The summed E-state index contributed by atoms with van der Waals surface area (Å²) in [4.78, 5) is 18.6. The lowest BCUT2D eigenvalue weighted by Gasteiger charge is -2.33. The van der Waals surface area contributed by atoms with Gasteiger partial charge < -0.3 is 20.3 Å². The van der Waals surface area contributed by atoms with Crippen molar-refractivity contribution in [1.82, 2.24) is 14.7 Å². The predicted molar refractivity (Wildman–Crippen MR) is 116 cm³/mol. The summed E-state index contributed by atoms with van der Waals surface area (Å²) in [5, 5.41) is 4.22. The van der Waals surface area contributed by atoms with Gasteiger partial charge in [0.25, 0.3) is 0 Å². The van der Waals surface area contributed by atoms with Crippen molar-refractivity contribution in [2.45, 2.75) is 25.1 Å². The van der Waals surface area contributed by atoms with E-state index >= 15 is 0 Å². The third-order valence-corrected chi connectivity index (χ3v) is 5.44. The van der Waals surface area contributed by atoms with Crippen LogP contribution in [-0.4, -0.2) is 54.4 Å². The highest BCUT2D eigenvalue weighted by Gasteiger charge is 2.27. The van der Waals surface area contributed by atoms with Gasteiger partial charge in [-0.05, 0) is 31.0 Å². The topological polar surface area (TPSA) is 70.9 Å². The normalized spacial score (nSPS) is 16.9. The number of rotatable bonds is 5. The van der Waals surface area contributed by atoms with Crippen molar-refractivity contribution >= 4 is 23.1 Å². The molecule has 170 valence electrons. The molecule has 7 nitrogen and oxygen atoms in total. The molecule has 0 aliphatic carbocycles. The molecule has 3 heterocycles. The van der Waals surface area contributed by atoms with Crippen LogP contribution < -0.4 is 15.5 Å². The molecule has 4 rings (SSSR count). The monoisotopic (exact) mass is 447 g/mol. The Labute approximate surface area is 183 Å². The summed E-state index contributed by atoms with van der Waals surface area (Å²) >= 11 is 0. The number of nitrogens with one attached hydrogen (secondary N) is 2. The number of halogens is 3. The summed E-state index contributed by atoms with van der Waals surface area (Å²) < 4.78 is 44.3. The van der Waals surface area contributed by atoms with Crippen molar-refractivity contribution in [2.75, 3.05) is 37.0 Å².